The second-order valence-electron chi connectivity index (χ2n) is 11.2. The van der Waals surface area contributed by atoms with E-state index in [0.717, 1.165) is 13.8 Å². The van der Waals surface area contributed by atoms with Crippen LogP contribution in [-0.4, -0.2) is 48.6 Å². The number of aryl methyl sites for hydroxylation is 1. The van der Waals surface area contributed by atoms with Gasteiger partial charge in [-0.05, 0) is 62.4 Å². The molecule has 0 aliphatic heterocycles. The second kappa shape index (κ2) is 14.1. The first-order chi connectivity index (χ1) is 20.3. The van der Waals surface area contributed by atoms with Crippen molar-refractivity contribution in [3.05, 3.63) is 62.6 Å². The Morgan fingerprint density at radius 3 is 2.27 bits per heavy atom. The third-order valence-corrected chi connectivity index (χ3v) is 8.29. The van der Waals surface area contributed by atoms with E-state index in [4.69, 9.17) is 27.9 Å². The van der Waals surface area contributed by atoms with Crippen LogP contribution < -0.4 is 10.1 Å². The SMILES string of the molecule is CC(C)(C(=O)CCc1ccc(Cl)c(C(=O)Cc2ccc(OCC(F)F)c(C(=O)NC3CCC(F)(F)CC3)c2)c1Cl)C(F)(F)F. The first-order valence-electron chi connectivity index (χ1n) is 13.6. The highest BCUT2D eigenvalue weighted by molar-refractivity contribution is 6.40. The van der Waals surface area contributed by atoms with Crippen molar-refractivity contribution in [1.82, 2.24) is 5.32 Å². The molecule has 0 aromatic heterocycles. The van der Waals surface area contributed by atoms with Crippen LogP contribution in [0.2, 0.25) is 10.0 Å². The van der Waals surface area contributed by atoms with Crippen LogP contribution in [0.4, 0.5) is 30.7 Å². The van der Waals surface area contributed by atoms with E-state index < -0.39 is 73.3 Å². The highest BCUT2D eigenvalue weighted by Crippen LogP contribution is 2.40. The number of Topliss-reactive ketones (excluding diaryl/α,β-unsaturated/α-hetero) is 2. The Kier molecular flexibility index (Phi) is 11.4. The molecule has 0 bridgehead atoms. The first-order valence-corrected chi connectivity index (χ1v) is 14.4. The second-order valence-corrected chi connectivity index (χ2v) is 12.0. The minimum Gasteiger partial charge on any atom is -0.487 e. The number of carbonyl (C=O) groups excluding carboxylic acids is 3. The number of hydrogen-bond donors (Lipinski definition) is 1. The summed E-state index contributed by atoms with van der Waals surface area (Å²) in [4.78, 5) is 38.7. The molecule has 1 aliphatic carbocycles. The topological polar surface area (TPSA) is 72.5 Å². The van der Waals surface area contributed by atoms with Crippen LogP contribution in [0, 0.1) is 5.41 Å². The molecule has 0 atom stereocenters. The van der Waals surface area contributed by atoms with E-state index in [2.05, 4.69) is 5.32 Å². The summed E-state index contributed by atoms with van der Waals surface area (Å²) in [6.45, 7) is 0.536. The summed E-state index contributed by atoms with van der Waals surface area (Å²) in [6.07, 6.45) is -9.50. The predicted molar refractivity (Wildman–Crippen MR) is 150 cm³/mol. The van der Waals surface area contributed by atoms with E-state index in [9.17, 15) is 45.1 Å². The molecule has 0 spiro atoms. The third kappa shape index (κ3) is 8.87. The van der Waals surface area contributed by atoms with Gasteiger partial charge in [-0.3, -0.25) is 14.4 Å². The summed E-state index contributed by atoms with van der Waals surface area (Å²) in [5, 5.41) is 2.41. The van der Waals surface area contributed by atoms with Gasteiger partial charge in [0.05, 0.1) is 21.2 Å². The molecule has 0 unspecified atom stereocenters. The van der Waals surface area contributed by atoms with Gasteiger partial charge in [-0.1, -0.05) is 35.3 Å². The maximum atomic E-state index is 13.5. The number of rotatable bonds is 12. The fourth-order valence-corrected chi connectivity index (χ4v) is 5.30. The lowest BCUT2D eigenvalue weighted by atomic mass is 9.84. The quantitative estimate of drug-likeness (QED) is 0.182. The maximum absolute atomic E-state index is 13.5. The Bertz CT molecular complexity index is 1390. The van der Waals surface area contributed by atoms with Crippen molar-refractivity contribution in [2.24, 2.45) is 5.41 Å². The van der Waals surface area contributed by atoms with Gasteiger partial charge in [0.25, 0.3) is 12.3 Å². The van der Waals surface area contributed by atoms with Crippen molar-refractivity contribution in [2.45, 2.75) is 83.4 Å². The van der Waals surface area contributed by atoms with E-state index in [1.54, 1.807) is 0 Å². The minimum absolute atomic E-state index is 0.0107. The van der Waals surface area contributed by atoms with Gasteiger partial charge in [-0.25, -0.2) is 17.6 Å². The average Bonchev–Trinajstić information content (AvgIpc) is 2.92. The number of ketones is 2. The van der Waals surface area contributed by atoms with E-state index in [-0.39, 0.29) is 63.7 Å². The van der Waals surface area contributed by atoms with Crippen LogP contribution in [-0.2, 0) is 17.6 Å². The summed E-state index contributed by atoms with van der Waals surface area (Å²) in [5.41, 5.74) is -2.47. The smallest absolute Gasteiger partial charge is 0.400 e. The number of hydrogen-bond acceptors (Lipinski definition) is 4. The molecular formula is C30H30Cl2F7NO4. The molecule has 1 aliphatic rings. The lowest BCUT2D eigenvalue weighted by Crippen LogP contribution is -2.40. The molecule has 1 N–H and O–H groups in total. The van der Waals surface area contributed by atoms with Gasteiger partial charge in [0.15, 0.2) is 5.78 Å². The van der Waals surface area contributed by atoms with Crippen LogP contribution in [0.3, 0.4) is 0 Å². The molecular weight excluding hydrogens is 642 g/mol. The number of ether oxygens (including phenoxy) is 1. The molecule has 1 saturated carbocycles. The number of nitrogens with one attached hydrogen (secondary N) is 1. The lowest BCUT2D eigenvalue weighted by molar-refractivity contribution is -0.210. The van der Waals surface area contributed by atoms with Crippen molar-refractivity contribution in [3.8, 4) is 5.75 Å². The molecule has 1 fully saturated rings. The molecule has 5 nitrogen and oxygen atoms in total. The molecule has 14 heteroatoms. The Morgan fingerprint density at radius 2 is 1.68 bits per heavy atom. The first kappa shape index (κ1) is 35.6. The Labute approximate surface area is 259 Å². The van der Waals surface area contributed by atoms with Gasteiger partial charge in [0.2, 0.25) is 5.92 Å². The highest BCUT2D eigenvalue weighted by Gasteiger charge is 2.52. The van der Waals surface area contributed by atoms with E-state index in [1.807, 2.05) is 0 Å². The highest BCUT2D eigenvalue weighted by atomic mass is 35.5. The normalized spacial score (nSPS) is 15.7. The van der Waals surface area contributed by atoms with Gasteiger partial charge in [0, 0.05) is 31.7 Å². The molecule has 1 amide bonds. The van der Waals surface area contributed by atoms with Gasteiger partial charge < -0.3 is 10.1 Å². The molecule has 0 saturated heterocycles. The Hall–Kier alpha value is -2.86. The molecule has 2 aromatic rings. The van der Waals surface area contributed by atoms with Crippen LogP contribution in [0.5, 0.6) is 5.75 Å². The largest absolute Gasteiger partial charge is 0.487 e. The molecule has 3 rings (SSSR count). The predicted octanol–water partition coefficient (Wildman–Crippen LogP) is 8.46. The maximum Gasteiger partial charge on any atom is 0.400 e. The van der Waals surface area contributed by atoms with E-state index >= 15 is 0 Å². The summed E-state index contributed by atoms with van der Waals surface area (Å²) in [6, 6.07) is 5.97. The molecule has 242 valence electrons. The van der Waals surface area contributed by atoms with Crippen LogP contribution >= 0.6 is 23.2 Å². The fraction of sp³-hybridized carbons (Fsp3) is 0.500. The Balaban J connectivity index is 1.82. The molecule has 0 radical (unpaired) electrons. The molecule has 44 heavy (non-hydrogen) atoms. The molecule has 2 aromatic carbocycles. The average molecular weight is 672 g/mol. The van der Waals surface area contributed by atoms with Crippen molar-refractivity contribution < 1.29 is 49.9 Å². The third-order valence-electron chi connectivity index (χ3n) is 7.55. The van der Waals surface area contributed by atoms with Crippen LogP contribution in [0.25, 0.3) is 0 Å². The molecule has 0 heterocycles. The lowest BCUT2D eigenvalue weighted by Gasteiger charge is -2.29. The van der Waals surface area contributed by atoms with Crippen molar-refractivity contribution in [2.75, 3.05) is 6.61 Å². The monoisotopic (exact) mass is 671 g/mol. The van der Waals surface area contributed by atoms with Crippen molar-refractivity contribution in [3.63, 3.8) is 0 Å². The standard InChI is InChI=1S/C30H30Cl2F7NO4/c1-28(2,30(37,38)39)23(42)8-5-17-4-6-20(31)25(26(17)32)21(41)14-16-3-7-22(44-15-24(33)34)19(13-16)27(43)40-18-9-11-29(35,36)12-10-18/h3-4,6-7,13,18,24H,5,8-12,14-15H2,1-2H3,(H,40,43). The number of alkyl halides is 7. The number of carbonyl (C=O) groups is 3. The minimum atomic E-state index is -4.75. The van der Waals surface area contributed by atoms with Crippen molar-refractivity contribution in [1.29, 1.82) is 0 Å². The summed E-state index contributed by atoms with van der Waals surface area (Å²) in [7, 11) is 0. The fourth-order valence-electron chi connectivity index (χ4n) is 4.63. The Morgan fingerprint density at radius 1 is 1.05 bits per heavy atom. The van der Waals surface area contributed by atoms with Gasteiger partial charge in [0.1, 0.15) is 23.6 Å². The van der Waals surface area contributed by atoms with Gasteiger partial charge in [-0.15, -0.1) is 0 Å². The summed E-state index contributed by atoms with van der Waals surface area (Å²) < 4.78 is 97.5. The zero-order valence-corrected chi connectivity index (χ0v) is 25.2. The number of halogens is 9. The van der Waals surface area contributed by atoms with Crippen molar-refractivity contribution >= 4 is 40.7 Å². The zero-order valence-electron chi connectivity index (χ0n) is 23.7. The van der Waals surface area contributed by atoms with E-state index in [1.165, 1.54) is 30.3 Å². The van der Waals surface area contributed by atoms with Crippen LogP contribution in [0.15, 0.2) is 30.3 Å². The van der Waals surface area contributed by atoms with Gasteiger partial charge >= 0.3 is 6.18 Å². The zero-order chi connectivity index (χ0) is 33.0. The van der Waals surface area contributed by atoms with E-state index in [0.29, 0.717) is 0 Å². The number of benzene rings is 2. The van der Waals surface area contributed by atoms with Crippen LogP contribution in [0.1, 0.15) is 77.8 Å². The summed E-state index contributed by atoms with van der Waals surface area (Å²) >= 11 is 12.7. The van der Waals surface area contributed by atoms with Gasteiger partial charge in [-0.2, -0.15) is 13.2 Å². The number of amides is 1. The summed E-state index contributed by atoms with van der Waals surface area (Å²) in [5.74, 6) is -5.49.